The van der Waals surface area contributed by atoms with Gasteiger partial charge in [-0.2, -0.15) is 4.98 Å². The first-order chi connectivity index (χ1) is 13.3. The predicted molar refractivity (Wildman–Crippen MR) is 97.5 cm³/mol. The fourth-order valence-electron chi connectivity index (χ4n) is 3.76. The molecule has 27 heavy (non-hydrogen) atoms. The van der Waals surface area contributed by atoms with Crippen LogP contribution in [0.3, 0.4) is 0 Å². The molecule has 0 amide bonds. The number of rotatable bonds is 4. The second kappa shape index (κ2) is 6.57. The third-order valence-corrected chi connectivity index (χ3v) is 5.11. The minimum Gasteiger partial charge on any atom is -0.339 e. The van der Waals surface area contributed by atoms with Gasteiger partial charge in [0.15, 0.2) is 0 Å². The molecule has 6 nitrogen and oxygen atoms in total. The van der Waals surface area contributed by atoms with Crippen LogP contribution in [0.2, 0.25) is 0 Å². The molecule has 0 radical (unpaired) electrons. The Morgan fingerprint density at radius 1 is 1.11 bits per heavy atom. The van der Waals surface area contributed by atoms with Crippen LogP contribution in [0.5, 0.6) is 0 Å². The van der Waals surface area contributed by atoms with Gasteiger partial charge in [-0.25, -0.2) is 9.07 Å². The Morgan fingerprint density at radius 2 is 2.00 bits per heavy atom. The molecule has 136 valence electrons. The summed E-state index contributed by atoms with van der Waals surface area (Å²) in [4.78, 5) is 4.44. The molecule has 0 unspecified atom stereocenters. The van der Waals surface area contributed by atoms with E-state index in [1.807, 2.05) is 28.9 Å². The Labute approximate surface area is 155 Å². The molecule has 1 saturated carbocycles. The van der Waals surface area contributed by atoms with Crippen LogP contribution >= 0.6 is 0 Å². The summed E-state index contributed by atoms with van der Waals surface area (Å²) < 4.78 is 20.7. The second-order valence-corrected chi connectivity index (χ2v) is 6.99. The third-order valence-electron chi connectivity index (χ3n) is 5.11. The number of benzene rings is 2. The van der Waals surface area contributed by atoms with Gasteiger partial charge in [0.05, 0.1) is 18.0 Å². The van der Waals surface area contributed by atoms with Crippen molar-refractivity contribution in [2.24, 2.45) is 0 Å². The number of halogens is 1. The number of hydrogen-bond acceptors (Lipinski definition) is 5. The van der Waals surface area contributed by atoms with Gasteiger partial charge in [0.2, 0.25) is 11.7 Å². The van der Waals surface area contributed by atoms with E-state index < -0.39 is 0 Å². The van der Waals surface area contributed by atoms with Crippen molar-refractivity contribution >= 4 is 11.0 Å². The van der Waals surface area contributed by atoms with Crippen LogP contribution in [0.1, 0.15) is 43.2 Å². The second-order valence-electron chi connectivity index (χ2n) is 6.99. The molecule has 0 saturated heterocycles. The molecule has 0 bridgehead atoms. The molecule has 0 spiro atoms. The Kier molecular flexibility index (Phi) is 3.92. The summed E-state index contributed by atoms with van der Waals surface area (Å²) in [6.45, 7) is 0. The van der Waals surface area contributed by atoms with Gasteiger partial charge in [-0.05, 0) is 48.7 Å². The zero-order chi connectivity index (χ0) is 18.2. The lowest BCUT2D eigenvalue weighted by molar-refractivity contribution is 0.385. The van der Waals surface area contributed by atoms with Crippen LogP contribution in [0.15, 0.2) is 47.0 Å². The van der Waals surface area contributed by atoms with Crippen LogP contribution in [-0.2, 0) is 6.42 Å². The van der Waals surface area contributed by atoms with Crippen molar-refractivity contribution in [3.05, 3.63) is 59.7 Å². The van der Waals surface area contributed by atoms with Crippen molar-refractivity contribution < 1.29 is 8.91 Å². The molecule has 0 N–H and O–H groups in total. The van der Waals surface area contributed by atoms with Crippen molar-refractivity contribution in [3.63, 3.8) is 0 Å². The van der Waals surface area contributed by atoms with Crippen molar-refractivity contribution in [3.8, 4) is 11.4 Å². The fourth-order valence-corrected chi connectivity index (χ4v) is 3.76. The fraction of sp³-hybridized carbons (Fsp3) is 0.300. The lowest BCUT2D eigenvalue weighted by atomic mass is 10.1. The maximum absolute atomic E-state index is 13.3. The first-order valence-corrected chi connectivity index (χ1v) is 9.18. The van der Waals surface area contributed by atoms with E-state index >= 15 is 0 Å². The van der Waals surface area contributed by atoms with Gasteiger partial charge in [0.1, 0.15) is 11.3 Å². The highest BCUT2D eigenvalue weighted by molar-refractivity contribution is 5.79. The SMILES string of the molecule is Fc1cccc(Cc2nc(-c3ccc4c(c3)nnn4C3CCCC3)no2)c1. The molecule has 2 aromatic heterocycles. The first kappa shape index (κ1) is 16.1. The van der Waals surface area contributed by atoms with Crippen LogP contribution in [0.4, 0.5) is 4.39 Å². The number of nitrogens with zero attached hydrogens (tertiary/aromatic N) is 5. The Balaban J connectivity index is 1.41. The van der Waals surface area contributed by atoms with E-state index in [4.69, 9.17) is 4.52 Å². The summed E-state index contributed by atoms with van der Waals surface area (Å²) in [5, 5.41) is 12.7. The van der Waals surface area contributed by atoms with E-state index in [0.717, 1.165) is 35.0 Å². The van der Waals surface area contributed by atoms with Gasteiger partial charge in [0.25, 0.3) is 0 Å². The standard InChI is InChI=1S/C20H18FN5O/c21-15-5-3-4-13(10-15)11-19-22-20(24-27-19)14-8-9-18-17(12-14)23-25-26(18)16-6-1-2-7-16/h3-5,8-10,12,16H,1-2,6-7,11H2. The van der Waals surface area contributed by atoms with Gasteiger partial charge in [-0.1, -0.05) is 35.3 Å². The number of fused-ring (bicyclic) bond motifs is 1. The summed E-state index contributed by atoms with van der Waals surface area (Å²) >= 11 is 0. The van der Waals surface area contributed by atoms with Crippen molar-refractivity contribution in [2.75, 3.05) is 0 Å². The molecule has 1 fully saturated rings. The molecule has 0 atom stereocenters. The van der Waals surface area contributed by atoms with Gasteiger partial charge < -0.3 is 4.52 Å². The third kappa shape index (κ3) is 3.09. The molecule has 0 aliphatic heterocycles. The average Bonchev–Trinajstić information content (AvgIpc) is 3.41. The van der Waals surface area contributed by atoms with Gasteiger partial charge in [-0.3, -0.25) is 0 Å². The smallest absolute Gasteiger partial charge is 0.231 e. The normalized spacial score (nSPS) is 15.0. The van der Waals surface area contributed by atoms with Crippen molar-refractivity contribution in [1.82, 2.24) is 25.1 Å². The molecule has 7 heteroatoms. The average molecular weight is 363 g/mol. The first-order valence-electron chi connectivity index (χ1n) is 9.18. The summed E-state index contributed by atoms with van der Waals surface area (Å²) in [7, 11) is 0. The summed E-state index contributed by atoms with van der Waals surface area (Å²) in [5.41, 5.74) is 3.49. The van der Waals surface area contributed by atoms with Crippen molar-refractivity contribution in [2.45, 2.75) is 38.1 Å². The minimum absolute atomic E-state index is 0.275. The molecule has 2 heterocycles. The Morgan fingerprint density at radius 3 is 2.85 bits per heavy atom. The van der Waals surface area contributed by atoms with Gasteiger partial charge in [0, 0.05) is 5.56 Å². The van der Waals surface area contributed by atoms with Crippen molar-refractivity contribution in [1.29, 1.82) is 0 Å². The van der Waals surface area contributed by atoms with Gasteiger partial charge >= 0.3 is 0 Å². The summed E-state index contributed by atoms with van der Waals surface area (Å²) in [5.74, 6) is 0.673. The molecule has 1 aliphatic rings. The zero-order valence-electron chi connectivity index (χ0n) is 14.7. The maximum atomic E-state index is 13.3. The highest BCUT2D eigenvalue weighted by atomic mass is 19.1. The van der Waals surface area contributed by atoms with E-state index in [9.17, 15) is 4.39 Å². The Hall–Kier alpha value is -3.09. The maximum Gasteiger partial charge on any atom is 0.231 e. The van der Waals surface area contributed by atoms with E-state index in [2.05, 4.69) is 20.5 Å². The van der Waals surface area contributed by atoms with Crippen LogP contribution in [0, 0.1) is 5.82 Å². The largest absolute Gasteiger partial charge is 0.339 e. The number of aromatic nitrogens is 5. The molecule has 5 rings (SSSR count). The quantitative estimate of drug-likeness (QED) is 0.540. The van der Waals surface area contributed by atoms with Gasteiger partial charge in [-0.15, -0.1) is 5.10 Å². The molecular weight excluding hydrogens is 345 g/mol. The molecule has 4 aromatic rings. The molecular formula is C20H18FN5O. The van der Waals surface area contributed by atoms with Crippen LogP contribution in [0.25, 0.3) is 22.4 Å². The molecule has 1 aliphatic carbocycles. The highest BCUT2D eigenvalue weighted by Crippen LogP contribution is 2.31. The van der Waals surface area contributed by atoms with Crippen LogP contribution in [-0.4, -0.2) is 25.1 Å². The topological polar surface area (TPSA) is 69.6 Å². The zero-order valence-corrected chi connectivity index (χ0v) is 14.7. The lowest BCUT2D eigenvalue weighted by Gasteiger charge is -2.09. The summed E-state index contributed by atoms with van der Waals surface area (Å²) in [6.07, 6.45) is 5.22. The van der Waals surface area contributed by atoms with E-state index in [1.54, 1.807) is 6.07 Å². The Bertz CT molecular complexity index is 1100. The molecule has 2 aromatic carbocycles. The van der Waals surface area contributed by atoms with Crippen LogP contribution < -0.4 is 0 Å². The van der Waals surface area contributed by atoms with E-state index in [-0.39, 0.29) is 5.82 Å². The van der Waals surface area contributed by atoms with E-state index in [0.29, 0.717) is 24.2 Å². The summed E-state index contributed by atoms with van der Waals surface area (Å²) in [6, 6.07) is 12.8. The monoisotopic (exact) mass is 363 g/mol. The predicted octanol–water partition coefficient (Wildman–Crippen LogP) is 4.33. The highest BCUT2D eigenvalue weighted by Gasteiger charge is 2.20. The minimum atomic E-state index is -0.275. The van der Waals surface area contributed by atoms with E-state index in [1.165, 1.54) is 25.0 Å². The lowest BCUT2D eigenvalue weighted by Crippen LogP contribution is -2.06. The number of hydrogen-bond donors (Lipinski definition) is 0.